The zero-order valence-electron chi connectivity index (χ0n) is 9.57. The van der Waals surface area contributed by atoms with Crippen molar-refractivity contribution in [3.8, 4) is 11.5 Å². The van der Waals surface area contributed by atoms with Crippen molar-refractivity contribution in [1.82, 2.24) is 0 Å². The molecule has 18 heavy (non-hydrogen) atoms. The summed E-state index contributed by atoms with van der Waals surface area (Å²) in [7, 11) is 0. The fourth-order valence-electron chi connectivity index (χ4n) is 1.48. The summed E-state index contributed by atoms with van der Waals surface area (Å²) in [5.74, 6) is -1.29. The van der Waals surface area contributed by atoms with E-state index in [0.717, 1.165) is 6.07 Å². The highest BCUT2D eigenvalue weighted by Crippen LogP contribution is 2.37. The lowest BCUT2D eigenvalue weighted by Crippen LogP contribution is -2.12. The van der Waals surface area contributed by atoms with Gasteiger partial charge >= 0.3 is 5.69 Å². The fourth-order valence-corrected chi connectivity index (χ4v) is 1.48. The molecular weight excluding hydrogens is 262 g/mol. The Morgan fingerprint density at radius 1 is 1.39 bits per heavy atom. The second-order valence-corrected chi connectivity index (χ2v) is 3.70. The van der Waals surface area contributed by atoms with Crippen LogP contribution in [0.3, 0.4) is 0 Å². The third kappa shape index (κ3) is 3.73. The quantitative estimate of drug-likeness (QED) is 0.362. The predicted molar refractivity (Wildman–Crippen MR) is 68.9 cm³/mol. The summed E-state index contributed by atoms with van der Waals surface area (Å²) in [6.07, 6.45) is 1.23. The molecule has 0 aliphatic heterocycles. The summed E-state index contributed by atoms with van der Waals surface area (Å²) >= 11 is 0. The van der Waals surface area contributed by atoms with E-state index in [1.165, 1.54) is 6.07 Å². The molecule has 0 bridgehead atoms. The summed E-state index contributed by atoms with van der Waals surface area (Å²) in [6.45, 7) is 0.472. The van der Waals surface area contributed by atoms with Gasteiger partial charge in [-0.2, -0.15) is 0 Å². The van der Waals surface area contributed by atoms with Crippen LogP contribution in [0, 0.1) is 10.1 Å². The summed E-state index contributed by atoms with van der Waals surface area (Å²) in [4.78, 5) is 9.87. The molecule has 1 aromatic rings. The SMILES string of the molecule is Cl.NCCC[C@H](N)c1cc(O)c(O)c([N+](=O)[O-])c1. The zero-order valence-corrected chi connectivity index (χ0v) is 10.4. The van der Waals surface area contributed by atoms with Gasteiger partial charge in [0.25, 0.3) is 0 Å². The maximum atomic E-state index is 10.6. The smallest absolute Gasteiger partial charge is 0.314 e. The minimum Gasteiger partial charge on any atom is -0.504 e. The van der Waals surface area contributed by atoms with E-state index in [9.17, 15) is 20.3 Å². The number of rotatable bonds is 5. The second kappa shape index (κ2) is 7.00. The van der Waals surface area contributed by atoms with E-state index >= 15 is 0 Å². The molecule has 0 aliphatic rings. The molecule has 0 radical (unpaired) electrons. The van der Waals surface area contributed by atoms with Gasteiger partial charge in [0.05, 0.1) is 4.92 Å². The van der Waals surface area contributed by atoms with Gasteiger partial charge in [0, 0.05) is 12.1 Å². The number of hydrogen-bond acceptors (Lipinski definition) is 6. The molecule has 1 atom stereocenters. The molecule has 0 saturated carbocycles. The maximum absolute atomic E-state index is 10.6. The van der Waals surface area contributed by atoms with Crippen LogP contribution in [-0.4, -0.2) is 21.7 Å². The van der Waals surface area contributed by atoms with E-state index in [1.807, 2.05) is 0 Å². The molecule has 7 nitrogen and oxygen atoms in total. The van der Waals surface area contributed by atoms with Crippen LogP contribution in [0.2, 0.25) is 0 Å². The van der Waals surface area contributed by atoms with Crippen molar-refractivity contribution in [3.63, 3.8) is 0 Å². The van der Waals surface area contributed by atoms with E-state index < -0.39 is 28.2 Å². The molecule has 102 valence electrons. The largest absolute Gasteiger partial charge is 0.504 e. The molecule has 8 heteroatoms. The summed E-state index contributed by atoms with van der Waals surface area (Å²) in [5.41, 5.74) is 11.0. The van der Waals surface area contributed by atoms with E-state index in [4.69, 9.17) is 11.5 Å². The highest BCUT2D eigenvalue weighted by Gasteiger charge is 2.20. The van der Waals surface area contributed by atoms with Crippen molar-refractivity contribution in [1.29, 1.82) is 0 Å². The van der Waals surface area contributed by atoms with Gasteiger partial charge in [0.2, 0.25) is 5.75 Å². The second-order valence-electron chi connectivity index (χ2n) is 3.70. The summed E-state index contributed by atoms with van der Waals surface area (Å²) in [5, 5.41) is 29.3. The van der Waals surface area contributed by atoms with Crippen LogP contribution in [-0.2, 0) is 0 Å². The Kier molecular flexibility index (Phi) is 6.39. The van der Waals surface area contributed by atoms with E-state index in [-0.39, 0.29) is 12.4 Å². The van der Waals surface area contributed by atoms with Crippen LogP contribution < -0.4 is 11.5 Å². The normalized spacial score (nSPS) is 11.7. The first-order valence-electron chi connectivity index (χ1n) is 5.13. The minimum absolute atomic E-state index is 0. The van der Waals surface area contributed by atoms with Crippen molar-refractivity contribution < 1.29 is 15.1 Å². The van der Waals surface area contributed by atoms with Crippen LogP contribution in [0.4, 0.5) is 5.69 Å². The Balaban J connectivity index is 0.00000289. The van der Waals surface area contributed by atoms with Crippen LogP contribution in [0.5, 0.6) is 11.5 Å². The minimum atomic E-state index is -0.770. The summed E-state index contributed by atoms with van der Waals surface area (Å²) < 4.78 is 0. The molecule has 6 N–H and O–H groups in total. The average molecular weight is 278 g/mol. The van der Waals surface area contributed by atoms with E-state index in [1.54, 1.807) is 0 Å². The monoisotopic (exact) mass is 277 g/mol. The first-order valence-corrected chi connectivity index (χ1v) is 5.13. The van der Waals surface area contributed by atoms with Gasteiger partial charge in [0.15, 0.2) is 5.75 Å². The molecule has 1 rings (SSSR count). The lowest BCUT2D eigenvalue weighted by atomic mass is 10.0. The number of phenolic OH excluding ortho intramolecular Hbond substituents is 2. The average Bonchev–Trinajstić information content (AvgIpc) is 2.28. The first kappa shape index (κ1) is 16.4. The Labute approximate surface area is 110 Å². The van der Waals surface area contributed by atoms with Crippen molar-refractivity contribution >= 4 is 18.1 Å². The number of benzene rings is 1. The van der Waals surface area contributed by atoms with Crippen molar-refractivity contribution in [2.24, 2.45) is 11.5 Å². The Morgan fingerprint density at radius 3 is 2.50 bits per heavy atom. The van der Waals surface area contributed by atoms with Crippen LogP contribution in [0.1, 0.15) is 24.4 Å². The number of hydrogen-bond donors (Lipinski definition) is 4. The van der Waals surface area contributed by atoms with Crippen LogP contribution in [0.25, 0.3) is 0 Å². The van der Waals surface area contributed by atoms with Crippen molar-refractivity contribution in [2.75, 3.05) is 6.54 Å². The van der Waals surface area contributed by atoms with Gasteiger partial charge in [-0.15, -0.1) is 12.4 Å². The molecule has 0 heterocycles. The lowest BCUT2D eigenvalue weighted by Gasteiger charge is -2.12. The fraction of sp³-hybridized carbons (Fsp3) is 0.400. The zero-order chi connectivity index (χ0) is 13.0. The Morgan fingerprint density at radius 2 is 2.00 bits per heavy atom. The number of phenols is 2. The molecule has 0 spiro atoms. The Hall–Kier alpha value is -1.57. The highest BCUT2D eigenvalue weighted by atomic mass is 35.5. The molecule has 0 unspecified atom stereocenters. The van der Waals surface area contributed by atoms with Crippen molar-refractivity contribution in [3.05, 3.63) is 27.8 Å². The van der Waals surface area contributed by atoms with Crippen LogP contribution >= 0.6 is 12.4 Å². The highest BCUT2D eigenvalue weighted by molar-refractivity contribution is 5.85. The third-order valence-corrected chi connectivity index (χ3v) is 2.44. The number of aromatic hydroxyl groups is 2. The lowest BCUT2D eigenvalue weighted by molar-refractivity contribution is -0.386. The van der Waals surface area contributed by atoms with Gasteiger partial charge in [-0.3, -0.25) is 10.1 Å². The van der Waals surface area contributed by atoms with Gasteiger partial charge in [-0.05, 0) is 31.0 Å². The van der Waals surface area contributed by atoms with Crippen molar-refractivity contribution in [2.45, 2.75) is 18.9 Å². The molecule has 0 saturated heterocycles. The number of nitrogens with zero attached hydrogens (tertiary/aromatic N) is 1. The molecule has 0 fully saturated rings. The Bertz CT molecular complexity index is 428. The van der Waals surface area contributed by atoms with Gasteiger partial charge < -0.3 is 21.7 Å². The van der Waals surface area contributed by atoms with E-state index in [2.05, 4.69) is 0 Å². The first-order chi connectivity index (χ1) is 7.97. The number of halogens is 1. The van der Waals surface area contributed by atoms with Gasteiger partial charge in [-0.1, -0.05) is 0 Å². The number of nitro groups is 1. The number of nitro benzene ring substituents is 1. The predicted octanol–water partition coefficient (Wildman–Crippen LogP) is 1.17. The van der Waals surface area contributed by atoms with E-state index in [0.29, 0.717) is 24.9 Å². The molecule has 1 aromatic carbocycles. The number of nitrogens with two attached hydrogens (primary N) is 2. The van der Waals surface area contributed by atoms with Gasteiger partial charge in [0.1, 0.15) is 0 Å². The topological polar surface area (TPSA) is 136 Å². The molecule has 0 amide bonds. The summed E-state index contributed by atoms with van der Waals surface area (Å²) in [6, 6.07) is 1.93. The molecule has 0 aromatic heterocycles. The standard InChI is InChI=1S/C10H15N3O4.ClH/c11-3-1-2-7(12)6-4-8(13(16)17)10(15)9(14)5-6;/h4-5,7,14-15H,1-3,11-12H2;1H/t7-;/m0./s1. The third-order valence-electron chi connectivity index (χ3n) is 2.44. The molecule has 0 aliphatic carbocycles. The van der Waals surface area contributed by atoms with Crippen LogP contribution in [0.15, 0.2) is 12.1 Å². The van der Waals surface area contributed by atoms with Gasteiger partial charge in [-0.25, -0.2) is 0 Å². The molecular formula is C10H16ClN3O4. The maximum Gasteiger partial charge on any atom is 0.314 e.